The van der Waals surface area contributed by atoms with Crippen molar-refractivity contribution < 1.29 is 4.79 Å². The summed E-state index contributed by atoms with van der Waals surface area (Å²) in [6, 6.07) is 15.0. The summed E-state index contributed by atoms with van der Waals surface area (Å²) in [6.07, 6.45) is 0. The van der Waals surface area contributed by atoms with Gasteiger partial charge in [0, 0.05) is 16.4 Å². The lowest BCUT2D eigenvalue weighted by Crippen LogP contribution is -2.45. The quantitative estimate of drug-likeness (QED) is 0.505. The molecule has 0 saturated heterocycles. The predicted molar refractivity (Wildman–Crippen MR) is 98.6 cm³/mol. The number of aryl methyl sites for hydroxylation is 1. The summed E-state index contributed by atoms with van der Waals surface area (Å²) < 4.78 is 0. The monoisotopic (exact) mass is 348 g/mol. The van der Waals surface area contributed by atoms with Gasteiger partial charge >= 0.3 is 0 Å². The number of rotatable bonds is 4. The third-order valence-electron chi connectivity index (χ3n) is 2.97. The van der Waals surface area contributed by atoms with E-state index in [1.807, 2.05) is 49.4 Å². The van der Waals surface area contributed by atoms with Crippen LogP contribution >= 0.6 is 23.8 Å². The minimum atomic E-state index is -0.236. The number of carbonyl (C=O) groups is 1. The van der Waals surface area contributed by atoms with E-state index in [4.69, 9.17) is 23.8 Å². The summed E-state index contributed by atoms with van der Waals surface area (Å²) >= 11 is 11.2. The Bertz CT molecular complexity index is 694. The van der Waals surface area contributed by atoms with Crippen LogP contribution in [0.3, 0.4) is 0 Å². The highest BCUT2D eigenvalue weighted by Gasteiger charge is 2.03. The molecule has 0 saturated carbocycles. The molecule has 0 atom stereocenters. The van der Waals surface area contributed by atoms with E-state index in [-0.39, 0.29) is 17.6 Å². The second-order valence-electron chi connectivity index (χ2n) is 4.81. The Hall–Kier alpha value is -2.31. The number of para-hydroxylation sites is 1. The second-order valence-corrected chi connectivity index (χ2v) is 5.63. The maximum atomic E-state index is 11.7. The van der Waals surface area contributed by atoms with Gasteiger partial charge in [-0.2, -0.15) is 0 Å². The summed E-state index contributed by atoms with van der Waals surface area (Å²) in [7, 11) is 0. The molecular formula is C16H17ClN4OS. The number of anilines is 2. The van der Waals surface area contributed by atoms with Crippen LogP contribution in [0.5, 0.6) is 0 Å². The van der Waals surface area contributed by atoms with E-state index in [0.717, 1.165) is 16.9 Å². The van der Waals surface area contributed by atoms with Crippen LogP contribution in [0.2, 0.25) is 5.02 Å². The first-order valence-electron chi connectivity index (χ1n) is 6.95. The van der Waals surface area contributed by atoms with Crippen molar-refractivity contribution in [1.29, 1.82) is 0 Å². The zero-order valence-electron chi connectivity index (χ0n) is 12.5. The normalized spacial score (nSPS) is 9.83. The summed E-state index contributed by atoms with van der Waals surface area (Å²) in [5, 5.41) is 6.86. The molecule has 2 aromatic carbocycles. The molecule has 4 N–H and O–H groups in total. The van der Waals surface area contributed by atoms with Gasteiger partial charge in [0.2, 0.25) is 0 Å². The van der Waals surface area contributed by atoms with Gasteiger partial charge in [0.15, 0.2) is 5.11 Å². The first-order valence-corrected chi connectivity index (χ1v) is 7.74. The van der Waals surface area contributed by atoms with Gasteiger partial charge in [-0.1, -0.05) is 35.9 Å². The fourth-order valence-corrected chi connectivity index (χ4v) is 2.09. The molecule has 0 bridgehead atoms. The lowest BCUT2D eigenvalue weighted by atomic mass is 10.2. The van der Waals surface area contributed by atoms with Crippen molar-refractivity contribution in [1.82, 2.24) is 10.9 Å². The van der Waals surface area contributed by atoms with Crippen LogP contribution in [-0.2, 0) is 4.79 Å². The van der Waals surface area contributed by atoms with Crippen molar-refractivity contribution in [3.63, 3.8) is 0 Å². The Morgan fingerprint density at radius 2 is 1.83 bits per heavy atom. The molecule has 7 heteroatoms. The van der Waals surface area contributed by atoms with Crippen LogP contribution in [0.25, 0.3) is 0 Å². The fraction of sp³-hybridized carbons (Fsp3) is 0.125. The van der Waals surface area contributed by atoms with Gasteiger partial charge in [0.1, 0.15) is 0 Å². The number of thiocarbonyl (C=S) groups is 1. The average molecular weight is 349 g/mol. The molecule has 0 aliphatic carbocycles. The molecule has 2 rings (SSSR count). The van der Waals surface area contributed by atoms with E-state index >= 15 is 0 Å². The van der Waals surface area contributed by atoms with E-state index in [0.29, 0.717) is 5.02 Å². The highest BCUT2D eigenvalue weighted by molar-refractivity contribution is 7.80. The molecular weight excluding hydrogens is 332 g/mol. The molecule has 0 aliphatic rings. The molecule has 0 aliphatic heterocycles. The smallest absolute Gasteiger partial charge is 0.257 e. The van der Waals surface area contributed by atoms with Crippen molar-refractivity contribution in [2.75, 3.05) is 17.2 Å². The Balaban J connectivity index is 1.73. The number of carbonyl (C=O) groups excluding carboxylic acids is 1. The highest BCUT2D eigenvalue weighted by Crippen LogP contribution is 2.19. The Morgan fingerprint density at radius 1 is 1.09 bits per heavy atom. The Kier molecular flexibility index (Phi) is 6.19. The number of hydrogen-bond donors (Lipinski definition) is 4. The van der Waals surface area contributed by atoms with E-state index in [9.17, 15) is 4.79 Å². The minimum absolute atomic E-state index is 0.135. The minimum Gasteiger partial charge on any atom is -0.376 e. The first kappa shape index (κ1) is 17.1. The van der Waals surface area contributed by atoms with Crippen molar-refractivity contribution in [2.24, 2.45) is 0 Å². The molecule has 2 aromatic rings. The van der Waals surface area contributed by atoms with Gasteiger partial charge < -0.3 is 10.6 Å². The summed E-state index contributed by atoms with van der Waals surface area (Å²) in [5.74, 6) is -0.236. The van der Waals surface area contributed by atoms with Crippen molar-refractivity contribution >= 4 is 46.2 Å². The third kappa shape index (κ3) is 5.77. The van der Waals surface area contributed by atoms with E-state index in [2.05, 4.69) is 21.5 Å². The van der Waals surface area contributed by atoms with Crippen LogP contribution in [-0.4, -0.2) is 17.6 Å². The molecule has 1 amide bonds. The van der Waals surface area contributed by atoms with E-state index in [1.54, 1.807) is 6.07 Å². The average Bonchev–Trinajstić information content (AvgIpc) is 2.55. The van der Waals surface area contributed by atoms with Crippen LogP contribution in [0.4, 0.5) is 11.4 Å². The zero-order valence-corrected chi connectivity index (χ0v) is 14.1. The standard InChI is InChI=1S/C16H17ClN4OS/c1-11-7-8-13(9-14(11)17)19-16(23)21-20-15(22)10-18-12-5-3-2-4-6-12/h2-9,18H,10H2,1H3,(H,20,22)(H2,19,21,23). The van der Waals surface area contributed by atoms with Crippen molar-refractivity contribution in [3.05, 3.63) is 59.1 Å². The summed E-state index contributed by atoms with van der Waals surface area (Å²) in [6.45, 7) is 2.05. The van der Waals surface area contributed by atoms with Gasteiger partial charge in [-0.15, -0.1) is 0 Å². The van der Waals surface area contributed by atoms with Crippen LogP contribution in [0.1, 0.15) is 5.56 Å². The topological polar surface area (TPSA) is 65.2 Å². The van der Waals surface area contributed by atoms with E-state index < -0.39 is 0 Å². The number of hydrogen-bond acceptors (Lipinski definition) is 3. The van der Waals surface area contributed by atoms with Crippen molar-refractivity contribution in [3.8, 4) is 0 Å². The number of benzene rings is 2. The predicted octanol–water partition coefficient (Wildman–Crippen LogP) is 3.08. The van der Waals surface area contributed by atoms with Gasteiger partial charge in [0.05, 0.1) is 6.54 Å². The SMILES string of the molecule is Cc1ccc(NC(=S)NNC(=O)CNc2ccccc2)cc1Cl. The molecule has 0 radical (unpaired) electrons. The molecule has 0 heterocycles. The molecule has 120 valence electrons. The fourth-order valence-electron chi connectivity index (χ4n) is 1.74. The van der Waals surface area contributed by atoms with Gasteiger partial charge in [0.25, 0.3) is 5.91 Å². The molecule has 0 aromatic heterocycles. The maximum Gasteiger partial charge on any atom is 0.257 e. The van der Waals surface area contributed by atoms with Crippen LogP contribution < -0.4 is 21.5 Å². The highest BCUT2D eigenvalue weighted by atomic mass is 35.5. The maximum absolute atomic E-state index is 11.7. The number of amides is 1. The third-order valence-corrected chi connectivity index (χ3v) is 3.58. The molecule has 0 spiro atoms. The lowest BCUT2D eigenvalue weighted by molar-refractivity contribution is -0.119. The van der Waals surface area contributed by atoms with E-state index in [1.165, 1.54) is 0 Å². The zero-order chi connectivity index (χ0) is 16.7. The van der Waals surface area contributed by atoms with Gasteiger partial charge in [-0.3, -0.25) is 15.6 Å². The number of halogens is 1. The second kappa shape index (κ2) is 8.36. The summed E-state index contributed by atoms with van der Waals surface area (Å²) in [4.78, 5) is 11.7. The lowest BCUT2D eigenvalue weighted by Gasteiger charge is -2.13. The summed E-state index contributed by atoms with van der Waals surface area (Å²) in [5.41, 5.74) is 7.75. The largest absolute Gasteiger partial charge is 0.376 e. The molecule has 5 nitrogen and oxygen atoms in total. The number of nitrogens with one attached hydrogen (secondary N) is 4. The first-order chi connectivity index (χ1) is 11.0. The van der Waals surface area contributed by atoms with Gasteiger partial charge in [-0.25, -0.2) is 0 Å². The number of hydrazine groups is 1. The van der Waals surface area contributed by atoms with Crippen LogP contribution in [0.15, 0.2) is 48.5 Å². The van der Waals surface area contributed by atoms with Crippen molar-refractivity contribution in [2.45, 2.75) is 6.92 Å². The Labute approximate surface area is 145 Å². The molecule has 0 fully saturated rings. The van der Waals surface area contributed by atoms with Gasteiger partial charge in [-0.05, 0) is 49.0 Å². The molecule has 23 heavy (non-hydrogen) atoms. The van der Waals surface area contributed by atoms with Crippen LogP contribution in [0, 0.1) is 6.92 Å². The Morgan fingerprint density at radius 3 is 2.52 bits per heavy atom. The molecule has 0 unspecified atom stereocenters.